The summed E-state index contributed by atoms with van der Waals surface area (Å²) in [7, 11) is -1.60. The number of rotatable bonds is 6. The molecule has 3 heteroatoms. The molecule has 20 heavy (non-hydrogen) atoms. The van der Waals surface area contributed by atoms with Crippen molar-refractivity contribution in [2.45, 2.75) is 32.7 Å². The lowest BCUT2D eigenvalue weighted by atomic mass is 10.2. The molecule has 0 saturated heterocycles. The van der Waals surface area contributed by atoms with E-state index in [-0.39, 0.29) is 0 Å². The average Bonchev–Trinajstić information content (AvgIpc) is 2.39. The van der Waals surface area contributed by atoms with Gasteiger partial charge in [0.25, 0.3) is 0 Å². The second-order valence-corrected chi connectivity index (χ2v) is 10.4. The second-order valence-electron chi connectivity index (χ2n) is 5.97. The zero-order chi connectivity index (χ0) is 14.4. The Labute approximate surface area is 123 Å². The number of benzene rings is 2. The van der Waals surface area contributed by atoms with E-state index >= 15 is 0 Å². The summed E-state index contributed by atoms with van der Waals surface area (Å²) in [4.78, 5) is 0. The standard InChI is InChI=1S/C17H23NOSi/c1-20(2,3)19-18(14-16-10-6-4-7-11-16)15-17-12-8-5-9-13-17/h4-13H,14-15H2,1-3H3. The predicted octanol–water partition coefficient (Wildman–Crippen LogP) is 4.46. The Morgan fingerprint density at radius 3 is 1.50 bits per heavy atom. The highest BCUT2D eigenvalue weighted by molar-refractivity contribution is 6.69. The molecular weight excluding hydrogens is 262 g/mol. The second kappa shape index (κ2) is 6.84. The van der Waals surface area contributed by atoms with E-state index in [4.69, 9.17) is 4.53 Å². The van der Waals surface area contributed by atoms with Crippen LogP contribution in [0, 0.1) is 0 Å². The van der Waals surface area contributed by atoms with Crippen LogP contribution in [0.4, 0.5) is 0 Å². The van der Waals surface area contributed by atoms with E-state index in [1.54, 1.807) is 0 Å². The van der Waals surface area contributed by atoms with Crippen molar-refractivity contribution >= 4 is 8.32 Å². The molecule has 2 rings (SSSR count). The number of nitrogens with zero attached hydrogens (tertiary/aromatic N) is 1. The molecule has 2 aromatic rings. The molecule has 2 nitrogen and oxygen atoms in total. The third-order valence-electron chi connectivity index (χ3n) is 2.81. The first-order valence-electron chi connectivity index (χ1n) is 7.05. The highest BCUT2D eigenvalue weighted by Crippen LogP contribution is 2.15. The summed E-state index contributed by atoms with van der Waals surface area (Å²) in [5.74, 6) is 0. The fraction of sp³-hybridized carbons (Fsp3) is 0.294. The van der Waals surface area contributed by atoms with Gasteiger partial charge in [0.05, 0.1) is 0 Å². The van der Waals surface area contributed by atoms with E-state index in [9.17, 15) is 0 Å². The largest absolute Gasteiger partial charge is 0.343 e. The van der Waals surface area contributed by atoms with Crippen LogP contribution in [0.2, 0.25) is 19.6 Å². The molecule has 0 spiro atoms. The lowest BCUT2D eigenvalue weighted by Gasteiger charge is -2.29. The third-order valence-corrected chi connectivity index (χ3v) is 3.61. The molecule has 0 fully saturated rings. The van der Waals surface area contributed by atoms with Gasteiger partial charge in [0.15, 0.2) is 0 Å². The normalized spacial score (nSPS) is 11.8. The van der Waals surface area contributed by atoms with Crippen LogP contribution in [0.3, 0.4) is 0 Å². The maximum absolute atomic E-state index is 6.22. The molecular formula is C17H23NOSi. The van der Waals surface area contributed by atoms with Crippen molar-refractivity contribution < 1.29 is 4.53 Å². The summed E-state index contributed by atoms with van der Waals surface area (Å²) in [5, 5.41) is 2.09. The summed E-state index contributed by atoms with van der Waals surface area (Å²) < 4.78 is 6.22. The maximum atomic E-state index is 6.22. The fourth-order valence-electron chi connectivity index (χ4n) is 2.08. The van der Waals surface area contributed by atoms with Gasteiger partial charge in [0.1, 0.15) is 0 Å². The van der Waals surface area contributed by atoms with E-state index in [0.717, 1.165) is 13.1 Å². The van der Waals surface area contributed by atoms with Crippen LogP contribution >= 0.6 is 0 Å². The molecule has 106 valence electrons. The first-order chi connectivity index (χ1) is 9.53. The summed E-state index contributed by atoms with van der Waals surface area (Å²) in [6.07, 6.45) is 0. The van der Waals surface area contributed by atoms with Gasteiger partial charge in [-0.05, 0) is 30.8 Å². The average molecular weight is 285 g/mol. The minimum absolute atomic E-state index is 0.819. The van der Waals surface area contributed by atoms with Crippen LogP contribution in [-0.4, -0.2) is 13.4 Å². The smallest absolute Gasteiger partial charge is 0.212 e. The molecule has 0 heterocycles. The van der Waals surface area contributed by atoms with Gasteiger partial charge >= 0.3 is 0 Å². The Balaban J connectivity index is 2.08. The van der Waals surface area contributed by atoms with Crippen molar-refractivity contribution in [3.63, 3.8) is 0 Å². The molecule has 0 unspecified atom stereocenters. The number of hydrogen-bond acceptors (Lipinski definition) is 2. The fourth-order valence-corrected chi connectivity index (χ4v) is 2.99. The highest BCUT2D eigenvalue weighted by Gasteiger charge is 2.20. The predicted molar refractivity (Wildman–Crippen MR) is 86.6 cm³/mol. The third kappa shape index (κ3) is 5.29. The summed E-state index contributed by atoms with van der Waals surface area (Å²) >= 11 is 0. The molecule has 0 aliphatic rings. The van der Waals surface area contributed by atoms with Crippen LogP contribution in [0.15, 0.2) is 60.7 Å². The van der Waals surface area contributed by atoms with E-state index < -0.39 is 8.32 Å². The number of hydroxylamine groups is 2. The molecule has 0 atom stereocenters. The van der Waals surface area contributed by atoms with Crippen LogP contribution in [0.25, 0.3) is 0 Å². The zero-order valence-corrected chi connectivity index (χ0v) is 13.5. The van der Waals surface area contributed by atoms with E-state index in [0.29, 0.717) is 0 Å². The zero-order valence-electron chi connectivity index (χ0n) is 12.5. The van der Waals surface area contributed by atoms with Gasteiger partial charge in [0.2, 0.25) is 8.32 Å². The van der Waals surface area contributed by atoms with Gasteiger partial charge in [0, 0.05) is 13.1 Å². The Bertz CT molecular complexity index is 466. The molecule has 0 aromatic heterocycles. The first-order valence-corrected chi connectivity index (χ1v) is 10.5. The Morgan fingerprint density at radius 2 is 1.15 bits per heavy atom. The summed E-state index contributed by atoms with van der Waals surface area (Å²) in [5.41, 5.74) is 2.56. The molecule has 0 amide bonds. The minimum Gasteiger partial charge on any atom is -0.343 e. The maximum Gasteiger partial charge on any atom is 0.212 e. The Kier molecular flexibility index (Phi) is 5.12. The summed E-state index contributed by atoms with van der Waals surface area (Å²) in [6.45, 7) is 8.29. The van der Waals surface area contributed by atoms with Crippen LogP contribution in [-0.2, 0) is 17.6 Å². The van der Waals surface area contributed by atoms with Crippen LogP contribution in [0.1, 0.15) is 11.1 Å². The Hall–Kier alpha value is -1.42. The van der Waals surface area contributed by atoms with Crippen molar-refractivity contribution in [1.82, 2.24) is 5.06 Å². The molecule has 0 saturated carbocycles. The van der Waals surface area contributed by atoms with Crippen molar-refractivity contribution in [1.29, 1.82) is 0 Å². The molecule has 0 aliphatic carbocycles. The lowest BCUT2D eigenvalue weighted by molar-refractivity contribution is -0.0852. The molecule has 2 aromatic carbocycles. The molecule has 0 N–H and O–H groups in total. The molecule has 0 bridgehead atoms. The van der Waals surface area contributed by atoms with Gasteiger partial charge in [-0.2, -0.15) is 5.06 Å². The van der Waals surface area contributed by atoms with Gasteiger partial charge in [-0.25, -0.2) is 0 Å². The Morgan fingerprint density at radius 1 is 0.750 bits per heavy atom. The van der Waals surface area contributed by atoms with Crippen molar-refractivity contribution in [3.8, 4) is 0 Å². The molecule has 0 radical (unpaired) electrons. The number of hydrogen-bond donors (Lipinski definition) is 0. The SMILES string of the molecule is C[Si](C)(C)ON(Cc1ccccc1)Cc1ccccc1. The van der Waals surface area contributed by atoms with E-state index in [2.05, 4.69) is 73.2 Å². The highest BCUT2D eigenvalue weighted by atomic mass is 28.4. The first kappa shape index (κ1) is 15.0. The van der Waals surface area contributed by atoms with Gasteiger partial charge < -0.3 is 4.53 Å². The summed E-state index contributed by atoms with van der Waals surface area (Å²) in [6, 6.07) is 21.0. The van der Waals surface area contributed by atoms with Crippen LogP contribution in [0.5, 0.6) is 0 Å². The monoisotopic (exact) mass is 285 g/mol. The van der Waals surface area contributed by atoms with Gasteiger partial charge in [-0.3, -0.25) is 0 Å². The van der Waals surface area contributed by atoms with Crippen molar-refractivity contribution in [3.05, 3.63) is 71.8 Å². The lowest BCUT2D eigenvalue weighted by Crippen LogP contribution is -2.36. The minimum atomic E-state index is -1.60. The quantitative estimate of drug-likeness (QED) is 0.574. The van der Waals surface area contributed by atoms with Crippen LogP contribution < -0.4 is 0 Å². The van der Waals surface area contributed by atoms with Crippen molar-refractivity contribution in [2.75, 3.05) is 0 Å². The van der Waals surface area contributed by atoms with E-state index in [1.165, 1.54) is 11.1 Å². The molecule has 0 aliphatic heterocycles. The van der Waals surface area contributed by atoms with E-state index in [1.807, 2.05) is 12.1 Å². The topological polar surface area (TPSA) is 12.5 Å². The van der Waals surface area contributed by atoms with Gasteiger partial charge in [-0.15, -0.1) is 0 Å². The van der Waals surface area contributed by atoms with Gasteiger partial charge in [-0.1, -0.05) is 60.7 Å². The van der Waals surface area contributed by atoms with Crippen molar-refractivity contribution in [2.24, 2.45) is 0 Å².